The number of amides is 1. The SMILES string of the molecule is CCOC(=O)c1ccc(S(=O)(=O)NCC(=O)NCC2CCCc3ccccc32)cc1. The standard InChI is InChI=1S/C22H26N2O5S/c1-2-29-22(26)17-10-12-19(13-11-17)30(27,28)24-15-21(25)23-14-18-8-5-7-16-6-3-4-9-20(16)18/h3-4,6,9-13,18,24H,2,5,7-8,14-15H2,1H3,(H,23,25). The highest BCUT2D eigenvalue weighted by molar-refractivity contribution is 7.89. The summed E-state index contributed by atoms with van der Waals surface area (Å²) < 4.78 is 32.0. The topological polar surface area (TPSA) is 102 Å². The minimum atomic E-state index is -3.86. The van der Waals surface area contributed by atoms with Crippen LogP contribution in [-0.4, -0.2) is 40.0 Å². The normalized spacial score (nSPS) is 15.8. The van der Waals surface area contributed by atoms with Gasteiger partial charge in [0.1, 0.15) is 0 Å². The molecule has 1 aliphatic carbocycles. The van der Waals surface area contributed by atoms with Gasteiger partial charge in [-0.05, 0) is 61.6 Å². The van der Waals surface area contributed by atoms with E-state index in [4.69, 9.17) is 4.74 Å². The van der Waals surface area contributed by atoms with Crippen LogP contribution >= 0.6 is 0 Å². The molecule has 3 rings (SSSR count). The first-order chi connectivity index (χ1) is 14.4. The van der Waals surface area contributed by atoms with E-state index in [0.717, 1.165) is 19.3 Å². The zero-order chi connectivity index (χ0) is 21.6. The van der Waals surface area contributed by atoms with Gasteiger partial charge < -0.3 is 10.1 Å². The Morgan fingerprint density at radius 3 is 2.57 bits per heavy atom. The van der Waals surface area contributed by atoms with Crippen molar-refractivity contribution in [1.82, 2.24) is 10.0 Å². The summed E-state index contributed by atoms with van der Waals surface area (Å²) in [5.41, 5.74) is 2.84. The maximum absolute atomic E-state index is 12.4. The molecule has 30 heavy (non-hydrogen) atoms. The Bertz CT molecular complexity index is 1000. The predicted molar refractivity (Wildman–Crippen MR) is 113 cm³/mol. The van der Waals surface area contributed by atoms with E-state index in [-0.39, 0.29) is 35.4 Å². The number of esters is 1. The number of aryl methyl sites for hydroxylation is 1. The number of ether oxygens (including phenoxy) is 1. The van der Waals surface area contributed by atoms with Crippen LogP contribution in [-0.2, 0) is 26.0 Å². The number of benzene rings is 2. The smallest absolute Gasteiger partial charge is 0.338 e. The van der Waals surface area contributed by atoms with E-state index < -0.39 is 16.0 Å². The number of fused-ring (bicyclic) bond motifs is 1. The van der Waals surface area contributed by atoms with Crippen molar-refractivity contribution in [3.8, 4) is 0 Å². The average Bonchev–Trinajstić information content (AvgIpc) is 2.76. The monoisotopic (exact) mass is 430 g/mol. The molecule has 0 saturated carbocycles. The van der Waals surface area contributed by atoms with Gasteiger partial charge in [-0.1, -0.05) is 24.3 Å². The predicted octanol–water partition coefficient (Wildman–Crippen LogP) is 2.38. The lowest BCUT2D eigenvalue weighted by molar-refractivity contribution is -0.120. The second-order valence-electron chi connectivity index (χ2n) is 7.16. The van der Waals surface area contributed by atoms with Crippen molar-refractivity contribution in [2.24, 2.45) is 0 Å². The quantitative estimate of drug-likeness (QED) is 0.626. The minimum absolute atomic E-state index is 0.0236. The van der Waals surface area contributed by atoms with Crippen molar-refractivity contribution in [3.63, 3.8) is 0 Å². The van der Waals surface area contributed by atoms with Crippen LogP contribution in [0.15, 0.2) is 53.4 Å². The van der Waals surface area contributed by atoms with Crippen LogP contribution in [0.2, 0.25) is 0 Å². The third-order valence-electron chi connectivity index (χ3n) is 5.14. The van der Waals surface area contributed by atoms with E-state index in [0.29, 0.717) is 6.54 Å². The molecule has 2 aromatic rings. The summed E-state index contributed by atoms with van der Waals surface area (Å²) in [5, 5.41) is 2.83. The van der Waals surface area contributed by atoms with Crippen LogP contribution in [0.4, 0.5) is 0 Å². The van der Waals surface area contributed by atoms with Gasteiger partial charge in [0.25, 0.3) is 0 Å². The zero-order valence-corrected chi connectivity index (χ0v) is 17.7. The largest absolute Gasteiger partial charge is 0.462 e. The van der Waals surface area contributed by atoms with Gasteiger partial charge in [0.2, 0.25) is 15.9 Å². The Morgan fingerprint density at radius 2 is 1.83 bits per heavy atom. The molecule has 1 unspecified atom stereocenters. The summed E-state index contributed by atoms with van der Waals surface area (Å²) >= 11 is 0. The number of carbonyl (C=O) groups excluding carboxylic acids is 2. The van der Waals surface area contributed by atoms with Crippen molar-refractivity contribution in [2.75, 3.05) is 19.7 Å². The lowest BCUT2D eigenvalue weighted by Gasteiger charge is -2.25. The van der Waals surface area contributed by atoms with Gasteiger partial charge in [-0.25, -0.2) is 17.9 Å². The van der Waals surface area contributed by atoms with Gasteiger partial charge >= 0.3 is 5.97 Å². The van der Waals surface area contributed by atoms with Crippen molar-refractivity contribution in [2.45, 2.75) is 37.0 Å². The fourth-order valence-electron chi connectivity index (χ4n) is 3.59. The van der Waals surface area contributed by atoms with Crippen LogP contribution in [0.1, 0.15) is 47.2 Å². The summed E-state index contributed by atoms with van der Waals surface area (Å²) in [4.78, 5) is 23.8. The first-order valence-electron chi connectivity index (χ1n) is 10.0. The molecule has 1 amide bonds. The van der Waals surface area contributed by atoms with Gasteiger partial charge in [0, 0.05) is 12.5 Å². The fourth-order valence-corrected chi connectivity index (χ4v) is 4.58. The van der Waals surface area contributed by atoms with E-state index >= 15 is 0 Å². The van der Waals surface area contributed by atoms with Gasteiger partial charge in [-0.3, -0.25) is 4.79 Å². The van der Waals surface area contributed by atoms with Crippen LogP contribution in [0, 0.1) is 0 Å². The first kappa shape index (κ1) is 22.0. The molecule has 2 aromatic carbocycles. The number of carbonyl (C=O) groups is 2. The second kappa shape index (κ2) is 9.86. The summed E-state index contributed by atoms with van der Waals surface area (Å²) in [6, 6.07) is 13.6. The molecule has 160 valence electrons. The number of hydrogen-bond acceptors (Lipinski definition) is 5. The summed E-state index contributed by atoms with van der Waals surface area (Å²) in [5.74, 6) is -0.659. The molecule has 0 bridgehead atoms. The summed E-state index contributed by atoms with van der Waals surface area (Å²) in [7, 11) is -3.86. The molecule has 0 radical (unpaired) electrons. The van der Waals surface area contributed by atoms with Gasteiger partial charge in [0.05, 0.1) is 23.6 Å². The Kier molecular flexibility index (Phi) is 7.23. The molecule has 8 heteroatoms. The van der Waals surface area contributed by atoms with E-state index in [1.54, 1.807) is 6.92 Å². The van der Waals surface area contributed by atoms with E-state index in [1.807, 2.05) is 12.1 Å². The summed E-state index contributed by atoms with van der Waals surface area (Å²) in [6.45, 7) is 2.06. The molecule has 0 saturated heterocycles. The maximum Gasteiger partial charge on any atom is 0.338 e. The molecule has 0 aliphatic heterocycles. The molecule has 0 spiro atoms. The zero-order valence-electron chi connectivity index (χ0n) is 16.9. The van der Waals surface area contributed by atoms with Gasteiger partial charge in [-0.15, -0.1) is 0 Å². The van der Waals surface area contributed by atoms with Crippen molar-refractivity contribution < 1.29 is 22.7 Å². The number of hydrogen-bond donors (Lipinski definition) is 2. The number of rotatable bonds is 8. The fraction of sp³-hybridized carbons (Fsp3) is 0.364. The Hall–Kier alpha value is -2.71. The average molecular weight is 431 g/mol. The highest BCUT2D eigenvalue weighted by atomic mass is 32.2. The van der Waals surface area contributed by atoms with Crippen LogP contribution in [0.25, 0.3) is 0 Å². The molecular weight excluding hydrogens is 404 g/mol. The van der Waals surface area contributed by atoms with Gasteiger partial charge in [0.15, 0.2) is 0 Å². The molecular formula is C22H26N2O5S. The molecule has 0 aromatic heterocycles. The Balaban J connectivity index is 1.52. The lowest BCUT2D eigenvalue weighted by atomic mass is 9.83. The van der Waals surface area contributed by atoms with Crippen LogP contribution in [0.3, 0.4) is 0 Å². The molecule has 1 aliphatic rings. The minimum Gasteiger partial charge on any atom is -0.462 e. The van der Waals surface area contributed by atoms with Gasteiger partial charge in [-0.2, -0.15) is 0 Å². The maximum atomic E-state index is 12.4. The highest BCUT2D eigenvalue weighted by Gasteiger charge is 2.21. The molecule has 0 fully saturated rings. The molecule has 0 heterocycles. The van der Waals surface area contributed by atoms with Crippen molar-refractivity contribution >= 4 is 21.9 Å². The Morgan fingerprint density at radius 1 is 1.10 bits per heavy atom. The van der Waals surface area contributed by atoms with E-state index in [2.05, 4.69) is 22.2 Å². The molecule has 1 atom stereocenters. The molecule has 2 N–H and O–H groups in total. The number of sulfonamides is 1. The van der Waals surface area contributed by atoms with Crippen molar-refractivity contribution in [3.05, 3.63) is 65.2 Å². The van der Waals surface area contributed by atoms with E-state index in [9.17, 15) is 18.0 Å². The van der Waals surface area contributed by atoms with E-state index in [1.165, 1.54) is 35.4 Å². The van der Waals surface area contributed by atoms with Crippen LogP contribution < -0.4 is 10.0 Å². The van der Waals surface area contributed by atoms with Crippen molar-refractivity contribution in [1.29, 1.82) is 0 Å². The lowest BCUT2D eigenvalue weighted by Crippen LogP contribution is -2.38. The highest BCUT2D eigenvalue weighted by Crippen LogP contribution is 2.30. The third kappa shape index (κ3) is 5.46. The number of nitrogens with one attached hydrogen (secondary N) is 2. The van der Waals surface area contributed by atoms with Crippen LogP contribution in [0.5, 0.6) is 0 Å². The third-order valence-corrected chi connectivity index (χ3v) is 6.55. The Labute approximate surface area is 176 Å². The molecule has 7 nitrogen and oxygen atoms in total. The first-order valence-corrected chi connectivity index (χ1v) is 11.5. The second-order valence-corrected chi connectivity index (χ2v) is 8.93. The summed E-state index contributed by atoms with van der Waals surface area (Å²) in [6.07, 6.45) is 3.12.